The van der Waals surface area contributed by atoms with Crippen molar-refractivity contribution < 1.29 is 22.8 Å². The molecular weight excluding hydrogens is 347 g/mol. The summed E-state index contributed by atoms with van der Waals surface area (Å²) in [5, 5.41) is 4.79. The van der Waals surface area contributed by atoms with Crippen LogP contribution in [0.3, 0.4) is 0 Å². The first kappa shape index (κ1) is 19.4. The molecule has 8 heteroatoms. The molecule has 138 valence electrons. The molecule has 0 unspecified atom stereocenters. The topological polar surface area (TPSA) is 71.1 Å². The van der Waals surface area contributed by atoms with Gasteiger partial charge in [0.15, 0.2) is 17.5 Å². The number of hydrogen-bond donors (Lipinski definition) is 2. The molecule has 0 spiro atoms. The Morgan fingerprint density at radius 2 is 1.65 bits per heavy atom. The summed E-state index contributed by atoms with van der Waals surface area (Å²) in [5.41, 5.74) is -0.666. The number of pyridine rings is 1. The fraction of sp³-hybridized carbons (Fsp3) is 0.278. The smallest absolute Gasteiger partial charge is 0.274 e. The molecule has 2 rings (SSSR count). The van der Waals surface area contributed by atoms with Crippen molar-refractivity contribution in [1.82, 2.24) is 10.3 Å². The van der Waals surface area contributed by atoms with E-state index in [2.05, 4.69) is 15.6 Å². The van der Waals surface area contributed by atoms with E-state index in [4.69, 9.17) is 0 Å². The van der Waals surface area contributed by atoms with E-state index >= 15 is 0 Å². The van der Waals surface area contributed by atoms with Gasteiger partial charge in [0, 0.05) is 6.54 Å². The number of carbonyl (C=O) groups excluding carboxylic acids is 2. The zero-order chi connectivity index (χ0) is 19.3. The van der Waals surface area contributed by atoms with Crippen LogP contribution in [0.4, 0.5) is 18.9 Å². The number of amides is 2. The van der Waals surface area contributed by atoms with Crippen LogP contribution in [0.15, 0.2) is 30.3 Å². The predicted molar refractivity (Wildman–Crippen MR) is 90.3 cm³/mol. The Balaban J connectivity index is 2.11. The number of nitrogens with zero attached hydrogens (tertiary/aromatic N) is 1. The predicted octanol–water partition coefficient (Wildman–Crippen LogP) is 3.53. The molecular formula is C18H18F3N3O2. The van der Waals surface area contributed by atoms with Crippen LogP contribution in [0.25, 0.3) is 0 Å². The Hall–Kier alpha value is -2.90. The molecule has 5 nitrogen and oxygen atoms in total. The third-order valence-corrected chi connectivity index (χ3v) is 3.50. The summed E-state index contributed by atoms with van der Waals surface area (Å²) in [5.74, 6) is -5.44. The number of nitrogens with one attached hydrogen (secondary N) is 2. The number of halogens is 3. The van der Waals surface area contributed by atoms with Crippen LogP contribution in [0.5, 0.6) is 0 Å². The van der Waals surface area contributed by atoms with Gasteiger partial charge in [-0.2, -0.15) is 0 Å². The quantitative estimate of drug-likeness (QED) is 0.770. The highest BCUT2D eigenvalue weighted by Crippen LogP contribution is 2.20. The van der Waals surface area contributed by atoms with Crippen molar-refractivity contribution >= 4 is 17.5 Å². The highest BCUT2D eigenvalue weighted by molar-refractivity contribution is 6.03. The van der Waals surface area contributed by atoms with E-state index in [1.54, 1.807) is 0 Å². The largest absolute Gasteiger partial charge is 0.351 e. The van der Waals surface area contributed by atoms with Gasteiger partial charge in [0.25, 0.3) is 11.8 Å². The number of rotatable bonds is 6. The van der Waals surface area contributed by atoms with Crippen LogP contribution >= 0.6 is 0 Å². The van der Waals surface area contributed by atoms with Gasteiger partial charge in [-0.15, -0.1) is 0 Å². The number of benzene rings is 1. The van der Waals surface area contributed by atoms with Gasteiger partial charge >= 0.3 is 0 Å². The maximum absolute atomic E-state index is 13.6. The van der Waals surface area contributed by atoms with Crippen molar-refractivity contribution in [2.45, 2.75) is 20.3 Å². The van der Waals surface area contributed by atoms with Crippen molar-refractivity contribution in [2.24, 2.45) is 5.92 Å². The molecule has 1 aromatic heterocycles. The minimum absolute atomic E-state index is 0.0205. The lowest BCUT2D eigenvalue weighted by molar-refractivity contribution is 0.0947. The summed E-state index contributed by atoms with van der Waals surface area (Å²) in [6.45, 7) is 4.51. The van der Waals surface area contributed by atoms with Crippen molar-refractivity contribution in [3.8, 4) is 0 Å². The van der Waals surface area contributed by atoms with E-state index in [0.717, 1.165) is 12.5 Å². The van der Waals surface area contributed by atoms with E-state index < -0.39 is 35.0 Å². The van der Waals surface area contributed by atoms with E-state index in [-0.39, 0.29) is 11.4 Å². The molecule has 0 aliphatic heterocycles. The van der Waals surface area contributed by atoms with Crippen molar-refractivity contribution in [3.63, 3.8) is 0 Å². The molecule has 1 heterocycles. The van der Waals surface area contributed by atoms with E-state index in [1.807, 2.05) is 13.8 Å². The standard InChI is InChI=1S/C18H18F3N3O2/c1-10(2)8-9-22-17(25)13-4-3-5-14(23-13)18(26)24-12-7-6-11(19)15(20)16(12)21/h3-7,10H,8-9H2,1-2H3,(H,22,25)(H,24,26). The molecule has 26 heavy (non-hydrogen) atoms. The maximum atomic E-state index is 13.6. The Morgan fingerprint density at radius 3 is 2.31 bits per heavy atom. The van der Waals surface area contributed by atoms with Crippen LogP contribution < -0.4 is 10.6 Å². The van der Waals surface area contributed by atoms with E-state index in [0.29, 0.717) is 18.5 Å². The van der Waals surface area contributed by atoms with Crippen LogP contribution in [-0.4, -0.2) is 23.3 Å². The summed E-state index contributed by atoms with van der Waals surface area (Å²) >= 11 is 0. The lowest BCUT2D eigenvalue weighted by atomic mass is 10.1. The van der Waals surface area contributed by atoms with E-state index in [1.165, 1.54) is 18.2 Å². The second-order valence-corrected chi connectivity index (χ2v) is 6.02. The van der Waals surface area contributed by atoms with Gasteiger partial charge in [-0.3, -0.25) is 9.59 Å². The average molecular weight is 365 g/mol. The van der Waals surface area contributed by atoms with E-state index in [9.17, 15) is 22.8 Å². The number of hydrogen-bond acceptors (Lipinski definition) is 3. The Bertz CT molecular complexity index is 825. The molecule has 0 aliphatic rings. The Morgan fingerprint density at radius 1 is 1.00 bits per heavy atom. The fourth-order valence-corrected chi connectivity index (χ4v) is 2.06. The minimum Gasteiger partial charge on any atom is -0.351 e. The molecule has 2 amide bonds. The molecule has 0 atom stereocenters. The first-order valence-corrected chi connectivity index (χ1v) is 7.99. The summed E-state index contributed by atoms with van der Waals surface area (Å²) in [7, 11) is 0. The van der Waals surface area contributed by atoms with Crippen molar-refractivity contribution in [3.05, 3.63) is 59.2 Å². The molecule has 0 radical (unpaired) electrons. The van der Waals surface area contributed by atoms with Crippen LogP contribution in [0, 0.1) is 23.4 Å². The third-order valence-electron chi connectivity index (χ3n) is 3.50. The monoisotopic (exact) mass is 365 g/mol. The first-order valence-electron chi connectivity index (χ1n) is 7.99. The molecule has 0 aliphatic carbocycles. The van der Waals surface area contributed by atoms with Gasteiger partial charge in [-0.25, -0.2) is 18.2 Å². The fourth-order valence-electron chi connectivity index (χ4n) is 2.06. The van der Waals surface area contributed by atoms with Gasteiger partial charge in [0.1, 0.15) is 11.4 Å². The Kier molecular flexibility index (Phi) is 6.32. The van der Waals surface area contributed by atoms with Gasteiger partial charge in [-0.1, -0.05) is 19.9 Å². The third kappa shape index (κ3) is 4.81. The molecule has 1 aromatic carbocycles. The molecule has 0 saturated heterocycles. The van der Waals surface area contributed by atoms with Gasteiger partial charge < -0.3 is 10.6 Å². The van der Waals surface area contributed by atoms with Crippen LogP contribution in [-0.2, 0) is 0 Å². The van der Waals surface area contributed by atoms with Crippen LogP contribution in [0.2, 0.25) is 0 Å². The summed E-state index contributed by atoms with van der Waals surface area (Å²) in [4.78, 5) is 28.1. The van der Waals surface area contributed by atoms with Gasteiger partial charge in [-0.05, 0) is 36.6 Å². The average Bonchev–Trinajstić information content (AvgIpc) is 2.62. The first-order chi connectivity index (χ1) is 12.3. The minimum atomic E-state index is -1.69. The number of aromatic nitrogens is 1. The van der Waals surface area contributed by atoms with Crippen molar-refractivity contribution in [1.29, 1.82) is 0 Å². The molecule has 0 saturated carbocycles. The molecule has 0 bridgehead atoms. The lowest BCUT2D eigenvalue weighted by Crippen LogP contribution is -2.27. The highest BCUT2D eigenvalue weighted by atomic mass is 19.2. The van der Waals surface area contributed by atoms with Crippen LogP contribution in [0.1, 0.15) is 41.2 Å². The number of carbonyl (C=O) groups is 2. The maximum Gasteiger partial charge on any atom is 0.274 e. The second-order valence-electron chi connectivity index (χ2n) is 6.02. The summed E-state index contributed by atoms with van der Waals surface area (Å²) in [6.07, 6.45) is 0.793. The lowest BCUT2D eigenvalue weighted by Gasteiger charge is -2.09. The summed E-state index contributed by atoms with van der Waals surface area (Å²) < 4.78 is 39.8. The van der Waals surface area contributed by atoms with Crippen molar-refractivity contribution in [2.75, 3.05) is 11.9 Å². The zero-order valence-electron chi connectivity index (χ0n) is 14.3. The normalized spacial score (nSPS) is 10.7. The highest BCUT2D eigenvalue weighted by Gasteiger charge is 2.17. The molecule has 2 N–H and O–H groups in total. The number of anilines is 1. The Labute approximate surface area is 148 Å². The van der Waals surface area contributed by atoms with Gasteiger partial charge in [0.2, 0.25) is 0 Å². The molecule has 0 fully saturated rings. The molecule has 2 aromatic rings. The second kappa shape index (κ2) is 8.46. The summed E-state index contributed by atoms with van der Waals surface area (Å²) in [6, 6.07) is 5.78. The van der Waals surface area contributed by atoms with Gasteiger partial charge in [0.05, 0.1) is 5.69 Å². The zero-order valence-corrected chi connectivity index (χ0v) is 14.3. The SMILES string of the molecule is CC(C)CCNC(=O)c1cccc(C(=O)Nc2ccc(F)c(F)c2F)n1.